The van der Waals surface area contributed by atoms with Crippen LogP contribution in [-0.2, 0) is 0 Å². The van der Waals surface area contributed by atoms with E-state index in [1.165, 1.54) is 0 Å². The number of carbonyl (C=O) groups is 1. The van der Waals surface area contributed by atoms with Gasteiger partial charge < -0.3 is 0 Å². The van der Waals surface area contributed by atoms with Crippen molar-refractivity contribution in [1.29, 1.82) is 0 Å². The zero-order chi connectivity index (χ0) is 19.7. The second-order valence-electron chi connectivity index (χ2n) is 6.03. The van der Waals surface area contributed by atoms with Gasteiger partial charge in [0.25, 0.3) is 11.5 Å². The van der Waals surface area contributed by atoms with Gasteiger partial charge in [-0.15, -0.1) is 0 Å². The fourth-order valence-corrected chi connectivity index (χ4v) is 3.26. The molecule has 0 spiro atoms. The van der Waals surface area contributed by atoms with Gasteiger partial charge in [-0.05, 0) is 36.4 Å². The number of hydrogen-bond acceptors (Lipinski definition) is 3. The third-order valence-corrected chi connectivity index (χ3v) is 4.72. The molecule has 5 nitrogen and oxygen atoms in total. The summed E-state index contributed by atoms with van der Waals surface area (Å²) in [5, 5.41) is 1.12. The van der Waals surface area contributed by atoms with Crippen molar-refractivity contribution in [3.8, 4) is 11.4 Å². The summed E-state index contributed by atoms with van der Waals surface area (Å²) in [5.41, 5.74) is 3.54. The Morgan fingerprint density at radius 1 is 0.929 bits per heavy atom. The van der Waals surface area contributed by atoms with Gasteiger partial charge in [0.05, 0.1) is 15.9 Å². The van der Waals surface area contributed by atoms with E-state index in [-0.39, 0.29) is 5.82 Å². The summed E-state index contributed by atoms with van der Waals surface area (Å²) in [6.45, 7) is 0. The van der Waals surface area contributed by atoms with Gasteiger partial charge in [0.15, 0.2) is 5.82 Å². The standard InChI is InChI=1S/C21H13Cl2N3O2/c22-15-9-4-8-14(12-15)19-24-18-16(10-5-11-17(18)23)21(28)26(19)25-20(27)13-6-2-1-3-7-13/h1-12H,(H,25,27). The van der Waals surface area contributed by atoms with Crippen LogP contribution in [0.4, 0.5) is 0 Å². The Balaban J connectivity index is 1.95. The average molecular weight is 410 g/mol. The average Bonchev–Trinajstić information content (AvgIpc) is 2.71. The van der Waals surface area contributed by atoms with Crippen molar-refractivity contribution in [2.24, 2.45) is 0 Å². The number of rotatable bonds is 3. The molecule has 28 heavy (non-hydrogen) atoms. The monoisotopic (exact) mass is 409 g/mol. The minimum Gasteiger partial charge on any atom is -0.267 e. The maximum atomic E-state index is 13.1. The lowest BCUT2D eigenvalue weighted by molar-refractivity contribution is 0.101. The first-order chi connectivity index (χ1) is 13.5. The summed E-state index contributed by atoms with van der Waals surface area (Å²) in [5.74, 6) is -0.202. The third kappa shape index (κ3) is 3.38. The van der Waals surface area contributed by atoms with Crippen LogP contribution in [-0.4, -0.2) is 15.6 Å². The van der Waals surface area contributed by atoms with E-state index in [2.05, 4.69) is 10.4 Å². The van der Waals surface area contributed by atoms with Gasteiger partial charge in [-0.2, -0.15) is 4.68 Å². The number of amides is 1. The minimum absolute atomic E-state index is 0.234. The number of fused-ring (bicyclic) bond motifs is 1. The molecule has 0 saturated heterocycles. The van der Waals surface area contributed by atoms with E-state index < -0.39 is 11.5 Å². The maximum Gasteiger partial charge on any atom is 0.280 e. The van der Waals surface area contributed by atoms with E-state index in [1.54, 1.807) is 72.8 Å². The lowest BCUT2D eigenvalue weighted by atomic mass is 10.2. The zero-order valence-electron chi connectivity index (χ0n) is 14.4. The Hall–Kier alpha value is -3.15. The normalized spacial score (nSPS) is 10.8. The Bertz CT molecular complexity index is 1250. The van der Waals surface area contributed by atoms with E-state index in [0.29, 0.717) is 32.1 Å². The van der Waals surface area contributed by atoms with Crippen LogP contribution in [0.25, 0.3) is 22.3 Å². The smallest absolute Gasteiger partial charge is 0.267 e. The molecule has 3 aromatic carbocycles. The molecule has 0 aliphatic heterocycles. The van der Waals surface area contributed by atoms with Crippen LogP contribution in [0.2, 0.25) is 10.0 Å². The van der Waals surface area contributed by atoms with E-state index in [9.17, 15) is 9.59 Å². The topological polar surface area (TPSA) is 64.0 Å². The summed E-state index contributed by atoms with van der Waals surface area (Å²) in [4.78, 5) is 30.4. The van der Waals surface area contributed by atoms with Gasteiger partial charge in [0.1, 0.15) is 0 Å². The first-order valence-corrected chi connectivity index (χ1v) is 9.14. The van der Waals surface area contributed by atoms with E-state index in [4.69, 9.17) is 23.2 Å². The van der Waals surface area contributed by atoms with E-state index in [1.807, 2.05) is 0 Å². The third-order valence-electron chi connectivity index (χ3n) is 4.18. The molecule has 4 aromatic rings. The highest BCUT2D eigenvalue weighted by Gasteiger charge is 2.17. The fourth-order valence-electron chi connectivity index (χ4n) is 2.85. The van der Waals surface area contributed by atoms with Crippen LogP contribution in [0.3, 0.4) is 0 Å². The lowest BCUT2D eigenvalue weighted by Gasteiger charge is -2.15. The van der Waals surface area contributed by atoms with Gasteiger partial charge in [0.2, 0.25) is 0 Å². The molecular formula is C21H13Cl2N3O2. The van der Waals surface area contributed by atoms with Crippen molar-refractivity contribution in [3.63, 3.8) is 0 Å². The molecule has 4 rings (SSSR count). The van der Waals surface area contributed by atoms with Crippen molar-refractivity contribution in [1.82, 2.24) is 9.66 Å². The maximum absolute atomic E-state index is 13.1. The molecule has 1 amide bonds. The Morgan fingerprint density at radius 2 is 1.68 bits per heavy atom. The van der Waals surface area contributed by atoms with Crippen LogP contribution in [0.15, 0.2) is 77.6 Å². The lowest BCUT2D eigenvalue weighted by Crippen LogP contribution is -2.35. The van der Waals surface area contributed by atoms with Crippen LogP contribution >= 0.6 is 23.2 Å². The molecular weight excluding hydrogens is 397 g/mol. The molecule has 0 unspecified atom stereocenters. The first kappa shape index (κ1) is 18.2. The first-order valence-electron chi connectivity index (χ1n) is 8.38. The Labute approximate surface area is 170 Å². The van der Waals surface area contributed by atoms with Gasteiger partial charge in [-0.25, -0.2) is 4.98 Å². The fraction of sp³-hybridized carbons (Fsp3) is 0. The highest BCUT2D eigenvalue weighted by Crippen LogP contribution is 2.25. The van der Waals surface area contributed by atoms with Crippen LogP contribution in [0.5, 0.6) is 0 Å². The van der Waals surface area contributed by atoms with Crippen molar-refractivity contribution in [3.05, 3.63) is 98.8 Å². The molecule has 1 N–H and O–H groups in total. The van der Waals surface area contributed by atoms with Crippen LogP contribution < -0.4 is 11.0 Å². The summed E-state index contributed by atoms with van der Waals surface area (Å²) in [7, 11) is 0. The van der Waals surface area contributed by atoms with Gasteiger partial charge >= 0.3 is 0 Å². The van der Waals surface area contributed by atoms with Crippen molar-refractivity contribution in [2.75, 3.05) is 5.43 Å². The second kappa shape index (κ2) is 7.46. The molecule has 0 atom stereocenters. The molecule has 0 saturated carbocycles. The number of aromatic nitrogens is 2. The molecule has 7 heteroatoms. The summed E-state index contributed by atoms with van der Waals surface area (Å²) in [6.07, 6.45) is 0. The van der Waals surface area contributed by atoms with Gasteiger partial charge in [-0.3, -0.25) is 15.0 Å². The van der Waals surface area contributed by atoms with E-state index >= 15 is 0 Å². The number of benzene rings is 3. The van der Waals surface area contributed by atoms with Crippen LogP contribution in [0.1, 0.15) is 10.4 Å². The number of nitrogens with zero attached hydrogens (tertiary/aromatic N) is 2. The molecule has 0 fully saturated rings. The number of nitrogens with one attached hydrogen (secondary N) is 1. The van der Waals surface area contributed by atoms with Gasteiger partial charge in [0, 0.05) is 16.1 Å². The highest BCUT2D eigenvalue weighted by atomic mass is 35.5. The molecule has 0 bridgehead atoms. The predicted octanol–water partition coefficient (Wildman–Crippen LogP) is 4.75. The summed E-state index contributed by atoms with van der Waals surface area (Å²) < 4.78 is 1.12. The number of para-hydroxylation sites is 1. The van der Waals surface area contributed by atoms with Crippen LogP contribution in [0, 0.1) is 0 Å². The SMILES string of the molecule is O=C(Nn1c(-c2cccc(Cl)c2)nc2c(Cl)cccc2c1=O)c1ccccc1. The van der Waals surface area contributed by atoms with Crippen molar-refractivity contribution in [2.45, 2.75) is 0 Å². The largest absolute Gasteiger partial charge is 0.280 e. The summed E-state index contributed by atoms with van der Waals surface area (Å²) in [6, 6.07) is 20.4. The predicted molar refractivity (Wildman–Crippen MR) is 112 cm³/mol. The van der Waals surface area contributed by atoms with Gasteiger partial charge in [-0.1, -0.05) is 59.6 Å². The minimum atomic E-state index is -0.438. The molecule has 1 aromatic heterocycles. The second-order valence-corrected chi connectivity index (χ2v) is 6.87. The number of halogens is 2. The van der Waals surface area contributed by atoms with E-state index in [0.717, 1.165) is 4.68 Å². The van der Waals surface area contributed by atoms with Crippen molar-refractivity contribution < 1.29 is 4.79 Å². The zero-order valence-corrected chi connectivity index (χ0v) is 15.9. The molecule has 1 heterocycles. The number of hydrogen-bond donors (Lipinski definition) is 1. The number of carbonyl (C=O) groups excluding carboxylic acids is 1. The highest BCUT2D eigenvalue weighted by molar-refractivity contribution is 6.35. The Kier molecular flexibility index (Phi) is 4.86. The van der Waals surface area contributed by atoms with Crippen molar-refractivity contribution >= 4 is 40.0 Å². The quantitative estimate of drug-likeness (QED) is 0.530. The molecule has 0 radical (unpaired) electrons. The Morgan fingerprint density at radius 3 is 2.43 bits per heavy atom. The molecule has 138 valence electrons. The molecule has 0 aliphatic carbocycles. The summed E-state index contributed by atoms with van der Waals surface area (Å²) >= 11 is 12.4. The molecule has 0 aliphatic rings.